The lowest BCUT2D eigenvalue weighted by molar-refractivity contribution is -0.908. The highest BCUT2D eigenvalue weighted by Crippen LogP contribution is 2.35. The fraction of sp³-hybridized carbons (Fsp3) is 0.556. The molecule has 0 atom stereocenters. The summed E-state index contributed by atoms with van der Waals surface area (Å²) in [5.74, 6) is 0.501. The fourth-order valence-electron chi connectivity index (χ4n) is 3.24. The maximum Gasteiger partial charge on any atom is 0.251 e. The molecule has 2 N–H and O–H groups in total. The highest BCUT2D eigenvalue weighted by Gasteiger charge is 2.24. The molecule has 1 fully saturated rings. The Balaban J connectivity index is 1.53. The highest BCUT2D eigenvalue weighted by atomic mass is 32.2. The summed E-state index contributed by atoms with van der Waals surface area (Å²) in [7, 11) is 0. The van der Waals surface area contributed by atoms with Gasteiger partial charge in [0.15, 0.2) is 0 Å². The first-order chi connectivity index (χ1) is 12.2. The average molecular weight is 364 g/mol. The minimum atomic E-state index is -0.0705. The lowest BCUT2D eigenvalue weighted by Crippen LogP contribution is -3.14. The lowest BCUT2D eigenvalue weighted by Gasteiger charge is -2.28. The number of morpholine rings is 1. The van der Waals surface area contributed by atoms with Crippen LogP contribution in [0.3, 0.4) is 0 Å². The van der Waals surface area contributed by atoms with E-state index in [9.17, 15) is 9.59 Å². The number of rotatable bonds is 6. The van der Waals surface area contributed by atoms with Crippen LogP contribution in [-0.4, -0.2) is 63.5 Å². The smallest absolute Gasteiger partial charge is 0.251 e. The van der Waals surface area contributed by atoms with Gasteiger partial charge in [-0.1, -0.05) is 0 Å². The van der Waals surface area contributed by atoms with Gasteiger partial charge in [0.1, 0.15) is 13.1 Å². The predicted octanol–water partition coefficient (Wildman–Crippen LogP) is 0.180. The second-order valence-corrected chi connectivity index (χ2v) is 7.35. The minimum absolute atomic E-state index is 0.0705. The first-order valence-corrected chi connectivity index (χ1v) is 9.94. The summed E-state index contributed by atoms with van der Waals surface area (Å²) in [6, 6.07) is 5.63. The van der Waals surface area contributed by atoms with Crippen molar-refractivity contribution in [1.82, 2.24) is 5.32 Å². The molecule has 25 heavy (non-hydrogen) atoms. The van der Waals surface area contributed by atoms with Crippen LogP contribution in [0, 0.1) is 0 Å². The van der Waals surface area contributed by atoms with Crippen LogP contribution < -0.4 is 15.1 Å². The van der Waals surface area contributed by atoms with Gasteiger partial charge in [0.2, 0.25) is 5.91 Å². The third kappa shape index (κ3) is 4.54. The minimum Gasteiger partial charge on any atom is -0.370 e. The first-order valence-electron chi connectivity index (χ1n) is 8.95. The quantitative estimate of drug-likeness (QED) is 0.707. The molecular weight excluding hydrogens is 338 g/mol. The molecular formula is C18H26N3O3S+. The van der Waals surface area contributed by atoms with Gasteiger partial charge in [0.25, 0.3) is 5.91 Å². The predicted molar refractivity (Wildman–Crippen MR) is 98.5 cm³/mol. The molecule has 7 heteroatoms. The molecule has 2 heterocycles. The van der Waals surface area contributed by atoms with Gasteiger partial charge in [0, 0.05) is 30.0 Å². The molecule has 136 valence electrons. The third-order valence-electron chi connectivity index (χ3n) is 4.67. The molecule has 3 rings (SSSR count). The molecule has 0 unspecified atom stereocenters. The Morgan fingerprint density at radius 2 is 2.16 bits per heavy atom. The Labute approximate surface area is 152 Å². The zero-order valence-corrected chi connectivity index (χ0v) is 15.5. The molecule has 2 aliphatic rings. The van der Waals surface area contributed by atoms with Crippen LogP contribution in [0.4, 0.5) is 5.69 Å². The second-order valence-electron chi connectivity index (χ2n) is 6.33. The summed E-state index contributed by atoms with van der Waals surface area (Å²) in [4.78, 5) is 28.8. The van der Waals surface area contributed by atoms with E-state index < -0.39 is 0 Å². The van der Waals surface area contributed by atoms with Gasteiger partial charge in [-0.2, -0.15) is 0 Å². The number of thioether (sulfide) groups is 1. The summed E-state index contributed by atoms with van der Waals surface area (Å²) in [6.07, 6.45) is 0.960. The van der Waals surface area contributed by atoms with E-state index >= 15 is 0 Å². The number of carbonyl (C=O) groups is 2. The van der Waals surface area contributed by atoms with Gasteiger partial charge >= 0.3 is 0 Å². The van der Waals surface area contributed by atoms with Crippen LogP contribution in [-0.2, 0) is 9.53 Å². The fourth-order valence-corrected chi connectivity index (χ4v) is 4.16. The number of amides is 2. The van der Waals surface area contributed by atoms with Gasteiger partial charge in [-0.25, -0.2) is 0 Å². The van der Waals surface area contributed by atoms with Crippen molar-refractivity contribution in [3.8, 4) is 0 Å². The van der Waals surface area contributed by atoms with Crippen molar-refractivity contribution in [2.75, 3.05) is 56.6 Å². The highest BCUT2D eigenvalue weighted by molar-refractivity contribution is 8.00. The summed E-state index contributed by atoms with van der Waals surface area (Å²) in [6.45, 7) is 8.09. The largest absolute Gasteiger partial charge is 0.370 e. The normalized spacial score (nSPS) is 18.1. The maximum absolute atomic E-state index is 12.4. The molecule has 0 radical (unpaired) electrons. The molecule has 6 nitrogen and oxygen atoms in total. The van der Waals surface area contributed by atoms with Gasteiger partial charge < -0.3 is 19.9 Å². The van der Waals surface area contributed by atoms with Crippen molar-refractivity contribution in [3.05, 3.63) is 23.8 Å². The molecule has 1 aromatic rings. The number of anilines is 1. The zero-order valence-electron chi connectivity index (χ0n) is 14.7. The molecule has 0 aromatic heterocycles. The van der Waals surface area contributed by atoms with E-state index in [0.717, 1.165) is 49.9 Å². The van der Waals surface area contributed by atoms with E-state index in [0.29, 0.717) is 24.4 Å². The van der Waals surface area contributed by atoms with Crippen LogP contribution in [0.5, 0.6) is 0 Å². The van der Waals surface area contributed by atoms with Gasteiger partial charge in [-0.3, -0.25) is 9.59 Å². The Hall–Kier alpha value is -1.57. The Morgan fingerprint density at radius 1 is 1.36 bits per heavy atom. The summed E-state index contributed by atoms with van der Waals surface area (Å²) < 4.78 is 5.35. The molecule has 0 aliphatic carbocycles. The van der Waals surface area contributed by atoms with E-state index in [1.165, 1.54) is 11.8 Å². The van der Waals surface area contributed by atoms with Gasteiger partial charge in [-0.05, 0) is 25.1 Å². The molecule has 0 spiro atoms. The third-order valence-corrected chi connectivity index (χ3v) is 5.72. The van der Waals surface area contributed by atoms with E-state index in [4.69, 9.17) is 4.74 Å². The Kier molecular flexibility index (Phi) is 6.34. The second kappa shape index (κ2) is 8.69. The lowest BCUT2D eigenvalue weighted by atomic mass is 10.1. The number of hydrogen-bond acceptors (Lipinski definition) is 4. The standard InChI is InChI=1S/C18H25N3O3S/c1-2-21-15-12-14(4-5-16(15)25-13-17(21)22)18(23)19-6-3-7-20-8-10-24-11-9-20/h4-5,12H,2-3,6-11,13H2,1H3,(H,19,23)/p+1. The number of fused-ring (bicyclic) bond motifs is 1. The zero-order chi connectivity index (χ0) is 17.6. The number of hydrogen-bond donors (Lipinski definition) is 2. The van der Waals surface area contributed by atoms with E-state index in [-0.39, 0.29) is 11.8 Å². The topological polar surface area (TPSA) is 63.1 Å². The molecule has 0 saturated carbocycles. The van der Waals surface area contributed by atoms with Crippen molar-refractivity contribution < 1.29 is 19.2 Å². The van der Waals surface area contributed by atoms with E-state index in [1.807, 2.05) is 25.1 Å². The first kappa shape index (κ1) is 18.2. The molecule has 2 aliphatic heterocycles. The number of nitrogens with one attached hydrogen (secondary N) is 2. The number of benzene rings is 1. The van der Waals surface area contributed by atoms with Crippen LogP contribution in [0.15, 0.2) is 23.1 Å². The maximum atomic E-state index is 12.4. The molecule has 1 aromatic carbocycles. The Morgan fingerprint density at radius 3 is 2.92 bits per heavy atom. The van der Waals surface area contributed by atoms with Crippen molar-refractivity contribution in [3.63, 3.8) is 0 Å². The van der Waals surface area contributed by atoms with Gasteiger partial charge in [0.05, 0.1) is 31.2 Å². The van der Waals surface area contributed by atoms with E-state index in [1.54, 1.807) is 9.80 Å². The molecule has 2 amide bonds. The van der Waals surface area contributed by atoms with Crippen LogP contribution in [0.1, 0.15) is 23.7 Å². The molecule has 1 saturated heterocycles. The van der Waals surface area contributed by atoms with Crippen LogP contribution in [0.2, 0.25) is 0 Å². The SMILES string of the molecule is CCN1C(=O)CSc2ccc(C(=O)NCCC[NH+]3CCOCC3)cc21. The number of ether oxygens (including phenoxy) is 1. The van der Waals surface area contributed by atoms with E-state index in [2.05, 4.69) is 5.32 Å². The van der Waals surface area contributed by atoms with Crippen molar-refractivity contribution in [2.24, 2.45) is 0 Å². The van der Waals surface area contributed by atoms with Crippen molar-refractivity contribution in [1.29, 1.82) is 0 Å². The summed E-state index contributed by atoms with van der Waals surface area (Å²) in [5.41, 5.74) is 1.47. The Bertz CT molecular complexity index is 632. The van der Waals surface area contributed by atoms with Crippen molar-refractivity contribution in [2.45, 2.75) is 18.2 Å². The van der Waals surface area contributed by atoms with Gasteiger partial charge in [-0.15, -0.1) is 11.8 Å². The number of quaternary nitrogens is 1. The van der Waals surface area contributed by atoms with Crippen LogP contribution >= 0.6 is 11.8 Å². The average Bonchev–Trinajstić information content (AvgIpc) is 2.65. The van der Waals surface area contributed by atoms with Crippen LogP contribution in [0.25, 0.3) is 0 Å². The van der Waals surface area contributed by atoms with Crippen molar-refractivity contribution >= 4 is 29.3 Å². The summed E-state index contributed by atoms with van der Waals surface area (Å²) in [5, 5.41) is 3.00. The summed E-state index contributed by atoms with van der Waals surface area (Å²) >= 11 is 1.54. The number of nitrogens with zero attached hydrogens (tertiary/aromatic N) is 1. The molecule has 0 bridgehead atoms. The monoisotopic (exact) mass is 364 g/mol. The number of carbonyl (C=O) groups excluding carboxylic acids is 2.